The number of pyridine rings is 1. The van der Waals surface area contributed by atoms with Crippen molar-refractivity contribution >= 4 is 5.82 Å². The van der Waals surface area contributed by atoms with Crippen molar-refractivity contribution in [2.45, 2.75) is 51.2 Å². The maximum atomic E-state index is 14.4. The molecular formula is C27H27FN6O. The minimum atomic E-state index is -0.453. The van der Waals surface area contributed by atoms with Gasteiger partial charge in [-0.05, 0) is 62.8 Å². The molecule has 1 aliphatic carbocycles. The van der Waals surface area contributed by atoms with Crippen molar-refractivity contribution in [3.8, 4) is 28.1 Å². The number of nitrogens with zero attached hydrogens (tertiary/aromatic N) is 5. The van der Waals surface area contributed by atoms with Gasteiger partial charge in [0.2, 0.25) is 0 Å². The van der Waals surface area contributed by atoms with E-state index in [0.717, 1.165) is 58.6 Å². The van der Waals surface area contributed by atoms with E-state index < -0.39 is 6.10 Å². The summed E-state index contributed by atoms with van der Waals surface area (Å²) in [5.74, 6) is 1.34. The van der Waals surface area contributed by atoms with Crippen LogP contribution in [-0.2, 0) is 20.0 Å². The summed E-state index contributed by atoms with van der Waals surface area (Å²) in [6, 6.07) is 6.82. The molecule has 178 valence electrons. The Morgan fingerprint density at radius 1 is 1.14 bits per heavy atom. The first-order valence-corrected chi connectivity index (χ1v) is 12.3. The summed E-state index contributed by atoms with van der Waals surface area (Å²) in [6.45, 7) is 2.76. The Kier molecular flexibility index (Phi) is 4.38. The van der Waals surface area contributed by atoms with E-state index in [1.54, 1.807) is 0 Å². The molecular weight excluding hydrogens is 443 g/mol. The molecule has 35 heavy (non-hydrogen) atoms. The molecule has 0 radical (unpaired) electrons. The molecule has 1 fully saturated rings. The van der Waals surface area contributed by atoms with Gasteiger partial charge in [0.25, 0.3) is 0 Å². The number of halogens is 1. The van der Waals surface area contributed by atoms with Crippen LogP contribution in [0.1, 0.15) is 60.7 Å². The molecule has 2 N–H and O–H groups in total. The molecule has 4 aromatic rings. The molecule has 7 nitrogen and oxygen atoms in total. The van der Waals surface area contributed by atoms with E-state index in [2.05, 4.69) is 15.9 Å². The lowest BCUT2D eigenvalue weighted by Gasteiger charge is -2.22. The number of anilines is 1. The first kappa shape index (κ1) is 20.7. The lowest BCUT2D eigenvalue weighted by molar-refractivity contribution is 0.227. The molecule has 0 spiro atoms. The van der Waals surface area contributed by atoms with Crippen LogP contribution in [0.4, 0.5) is 10.2 Å². The minimum absolute atomic E-state index is 0.128. The number of aromatic nitrogens is 5. The minimum Gasteiger partial charge on any atom is -0.482 e. The predicted octanol–water partition coefficient (Wildman–Crippen LogP) is 5.01. The number of nitrogens with two attached hydrogens (primary N) is 1. The van der Waals surface area contributed by atoms with Crippen LogP contribution in [0.15, 0.2) is 36.7 Å². The highest BCUT2D eigenvalue weighted by Gasteiger charge is 2.37. The predicted molar refractivity (Wildman–Crippen MR) is 130 cm³/mol. The molecule has 5 heterocycles. The molecule has 0 amide bonds. The molecule has 8 heteroatoms. The zero-order valence-electron chi connectivity index (χ0n) is 19.8. The van der Waals surface area contributed by atoms with Gasteiger partial charge < -0.3 is 10.5 Å². The number of nitrogen functional groups attached to an aromatic ring is 1. The molecule has 1 saturated carbocycles. The van der Waals surface area contributed by atoms with Gasteiger partial charge in [-0.15, -0.1) is 0 Å². The summed E-state index contributed by atoms with van der Waals surface area (Å²) in [7, 11) is 1.94. The highest BCUT2D eigenvalue weighted by atomic mass is 19.1. The summed E-state index contributed by atoms with van der Waals surface area (Å²) in [5, 5.41) is 9.95. The average molecular weight is 471 g/mol. The molecule has 7 rings (SSSR count). The zero-order chi connectivity index (χ0) is 23.8. The number of rotatable bonds is 2. The fourth-order valence-corrected chi connectivity index (χ4v) is 5.79. The van der Waals surface area contributed by atoms with Crippen LogP contribution in [-0.4, -0.2) is 24.5 Å². The van der Waals surface area contributed by atoms with E-state index in [4.69, 9.17) is 20.7 Å². The second-order valence-corrected chi connectivity index (χ2v) is 10.1. The van der Waals surface area contributed by atoms with Crippen molar-refractivity contribution < 1.29 is 9.13 Å². The highest BCUT2D eigenvalue weighted by molar-refractivity contribution is 5.76. The third kappa shape index (κ3) is 3.26. The molecule has 2 aliphatic heterocycles. The Morgan fingerprint density at radius 3 is 2.83 bits per heavy atom. The number of benzene rings is 1. The van der Waals surface area contributed by atoms with Crippen molar-refractivity contribution in [3.05, 3.63) is 65.0 Å². The van der Waals surface area contributed by atoms with E-state index >= 15 is 0 Å². The summed E-state index contributed by atoms with van der Waals surface area (Å²) in [4.78, 5) is 4.50. The van der Waals surface area contributed by atoms with Gasteiger partial charge in [-0.2, -0.15) is 10.2 Å². The second-order valence-electron chi connectivity index (χ2n) is 10.1. The van der Waals surface area contributed by atoms with Crippen LogP contribution in [0.25, 0.3) is 22.4 Å². The van der Waals surface area contributed by atoms with Crippen LogP contribution >= 0.6 is 0 Å². The molecule has 3 aliphatic rings. The SMILES string of the molecule is C[C@H]1Oc2cc(cnc2N)-c2c(CC3CC3)nn3c2[C@H](CC3)c2cn(C)nc2-c2ccc(F)cc21. The number of hydrogen-bond donors (Lipinski definition) is 1. The first-order chi connectivity index (χ1) is 17.0. The summed E-state index contributed by atoms with van der Waals surface area (Å²) >= 11 is 0. The standard InChI is InChI=1S/C27H27FN6O/c1-14-20-11-17(28)5-6-18(20)25-21(13-33(2)32-25)19-7-8-34-26(19)24(22(31-34)9-15-3-4-15)16-10-23(35-14)27(29)30-12-16/h5-6,10-15,19H,3-4,7-9H2,1-2H3,(H2,29,30)/t14-,19-/m1/s1. The van der Waals surface area contributed by atoms with Crippen LogP contribution in [0.2, 0.25) is 0 Å². The monoisotopic (exact) mass is 470 g/mol. The van der Waals surface area contributed by atoms with Gasteiger partial charge in [-0.3, -0.25) is 9.36 Å². The molecule has 1 aromatic carbocycles. The lowest BCUT2D eigenvalue weighted by Crippen LogP contribution is -2.10. The van der Waals surface area contributed by atoms with Gasteiger partial charge in [-0.1, -0.05) is 0 Å². The van der Waals surface area contributed by atoms with Crippen LogP contribution in [0.5, 0.6) is 5.75 Å². The summed E-state index contributed by atoms with van der Waals surface area (Å²) in [5.41, 5.74) is 14.3. The molecule has 3 aromatic heterocycles. The quantitative estimate of drug-likeness (QED) is 0.445. The van der Waals surface area contributed by atoms with Gasteiger partial charge in [0.15, 0.2) is 11.6 Å². The van der Waals surface area contributed by atoms with E-state index in [0.29, 0.717) is 17.5 Å². The van der Waals surface area contributed by atoms with Crippen molar-refractivity contribution in [2.75, 3.05) is 5.73 Å². The Bertz CT molecular complexity index is 1480. The Morgan fingerprint density at radius 2 is 2.00 bits per heavy atom. The lowest BCUT2D eigenvalue weighted by atomic mass is 9.86. The Hall–Kier alpha value is -3.68. The Balaban J connectivity index is 1.53. The van der Waals surface area contributed by atoms with Crippen molar-refractivity contribution in [1.29, 1.82) is 0 Å². The third-order valence-electron chi connectivity index (χ3n) is 7.62. The van der Waals surface area contributed by atoms with E-state index in [1.807, 2.05) is 37.0 Å². The molecule has 0 unspecified atom stereocenters. The van der Waals surface area contributed by atoms with Crippen LogP contribution < -0.4 is 10.5 Å². The summed E-state index contributed by atoms with van der Waals surface area (Å²) in [6.07, 6.45) is 7.92. The normalized spacial score (nSPS) is 20.3. The van der Waals surface area contributed by atoms with Crippen LogP contribution in [0.3, 0.4) is 0 Å². The van der Waals surface area contributed by atoms with Gasteiger partial charge in [0.1, 0.15) is 11.9 Å². The number of hydrogen-bond acceptors (Lipinski definition) is 5. The van der Waals surface area contributed by atoms with E-state index in [9.17, 15) is 4.39 Å². The van der Waals surface area contributed by atoms with E-state index in [-0.39, 0.29) is 11.7 Å². The maximum absolute atomic E-state index is 14.4. The number of aryl methyl sites for hydroxylation is 2. The van der Waals surface area contributed by atoms with Crippen molar-refractivity contribution in [1.82, 2.24) is 24.5 Å². The topological polar surface area (TPSA) is 83.8 Å². The molecule has 2 bridgehead atoms. The maximum Gasteiger partial charge on any atom is 0.166 e. The first-order valence-electron chi connectivity index (χ1n) is 12.3. The number of fused-ring (bicyclic) bond motifs is 7. The van der Waals surface area contributed by atoms with Crippen molar-refractivity contribution in [3.63, 3.8) is 0 Å². The fraction of sp³-hybridized carbons (Fsp3) is 0.370. The smallest absolute Gasteiger partial charge is 0.166 e. The van der Waals surface area contributed by atoms with E-state index in [1.165, 1.54) is 30.7 Å². The largest absolute Gasteiger partial charge is 0.482 e. The van der Waals surface area contributed by atoms with Crippen molar-refractivity contribution in [2.24, 2.45) is 13.0 Å². The average Bonchev–Trinajstić information content (AvgIpc) is 3.26. The fourth-order valence-electron chi connectivity index (χ4n) is 5.79. The van der Waals surface area contributed by atoms with Gasteiger partial charge in [-0.25, -0.2) is 9.37 Å². The molecule has 0 saturated heterocycles. The number of ether oxygens (including phenoxy) is 1. The second kappa shape index (κ2) is 7.41. The summed E-state index contributed by atoms with van der Waals surface area (Å²) < 4.78 is 24.8. The van der Waals surface area contributed by atoms with Gasteiger partial charge in [0.05, 0.1) is 17.1 Å². The van der Waals surface area contributed by atoms with Crippen LogP contribution in [0, 0.1) is 11.7 Å². The zero-order valence-corrected chi connectivity index (χ0v) is 19.8. The molecule has 2 atom stereocenters. The van der Waals surface area contributed by atoms with Gasteiger partial charge >= 0.3 is 0 Å². The Labute approximate surface area is 202 Å². The third-order valence-corrected chi connectivity index (χ3v) is 7.62. The van der Waals surface area contributed by atoms with Gasteiger partial charge in [0, 0.05) is 59.7 Å². The highest BCUT2D eigenvalue weighted by Crippen LogP contribution is 2.48.